The summed E-state index contributed by atoms with van der Waals surface area (Å²) in [6.07, 6.45) is 1.20. The van der Waals surface area contributed by atoms with E-state index in [0.29, 0.717) is 11.4 Å². The predicted molar refractivity (Wildman–Crippen MR) is 69.0 cm³/mol. The SMILES string of the molecule is CS(=O)(=O)c1cccc(NCc2cscn2)c1. The van der Waals surface area contributed by atoms with E-state index in [1.807, 2.05) is 11.4 Å². The van der Waals surface area contributed by atoms with Gasteiger partial charge in [-0.3, -0.25) is 0 Å². The smallest absolute Gasteiger partial charge is 0.175 e. The first-order valence-corrected chi connectivity index (χ1v) is 7.80. The topological polar surface area (TPSA) is 59.1 Å². The molecule has 0 saturated carbocycles. The zero-order valence-electron chi connectivity index (χ0n) is 9.25. The second-order valence-corrected chi connectivity index (χ2v) is 6.37. The molecule has 0 saturated heterocycles. The maximum absolute atomic E-state index is 11.4. The number of nitrogens with one attached hydrogen (secondary N) is 1. The summed E-state index contributed by atoms with van der Waals surface area (Å²) in [5.74, 6) is 0. The zero-order valence-corrected chi connectivity index (χ0v) is 10.9. The number of sulfone groups is 1. The molecule has 2 rings (SSSR count). The highest BCUT2D eigenvalue weighted by Gasteiger charge is 2.07. The summed E-state index contributed by atoms with van der Waals surface area (Å²) in [7, 11) is -3.15. The maximum Gasteiger partial charge on any atom is 0.175 e. The maximum atomic E-state index is 11.4. The standard InChI is InChI=1S/C11H12N2O2S2/c1-17(14,15)11-4-2-3-9(5-11)12-6-10-7-16-8-13-10/h2-5,7-8,12H,6H2,1H3. The minimum atomic E-state index is -3.15. The van der Waals surface area contributed by atoms with Crippen molar-refractivity contribution in [2.75, 3.05) is 11.6 Å². The van der Waals surface area contributed by atoms with E-state index >= 15 is 0 Å². The fraction of sp³-hybridized carbons (Fsp3) is 0.182. The molecule has 0 spiro atoms. The molecule has 0 aliphatic heterocycles. The van der Waals surface area contributed by atoms with Crippen LogP contribution >= 0.6 is 11.3 Å². The van der Waals surface area contributed by atoms with Crippen molar-refractivity contribution in [2.24, 2.45) is 0 Å². The number of thiazole rings is 1. The minimum absolute atomic E-state index is 0.320. The summed E-state index contributed by atoms with van der Waals surface area (Å²) in [4.78, 5) is 4.46. The van der Waals surface area contributed by atoms with Crippen molar-refractivity contribution in [3.63, 3.8) is 0 Å². The summed E-state index contributed by atoms with van der Waals surface area (Å²) >= 11 is 1.54. The van der Waals surface area contributed by atoms with E-state index in [9.17, 15) is 8.42 Å². The van der Waals surface area contributed by atoms with E-state index < -0.39 is 9.84 Å². The predicted octanol–water partition coefficient (Wildman–Crippen LogP) is 2.16. The summed E-state index contributed by atoms with van der Waals surface area (Å²) in [5.41, 5.74) is 3.49. The van der Waals surface area contributed by atoms with Gasteiger partial charge in [0.2, 0.25) is 0 Å². The molecule has 4 nitrogen and oxygen atoms in total. The molecule has 0 atom stereocenters. The monoisotopic (exact) mass is 268 g/mol. The van der Waals surface area contributed by atoms with E-state index in [4.69, 9.17) is 0 Å². The average Bonchev–Trinajstić information content (AvgIpc) is 2.78. The largest absolute Gasteiger partial charge is 0.379 e. The highest BCUT2D eigenvalue weighted by Crippen LogP contribution is 2.16. The molecule has 1 heterocycles. The quantitative estimate of drug-likeness (QED) is 0.923. The van der Waals surface area contributed by atoms with Crippen molar-refractivity contribution in [1.82, 2.24) is 4.98 Å². The van der Waals surface area contributed by atoms with Gasteiger partial charge in [-0.25, -0.2) is 13.4 Å². The van der Waals surface area contributed by atoms with Gasteiger partial charge in [-0.1, -0.05) is 6.07 Å². The Labute approximate surface area is 104 Å². The van der Waals surface area contributed by atoms with Gasteiger partial charge in [-0.05, 0) is 18.2 Å². The van der Waals surface area contributed by atoms with Crippen LogP contribution in [0.25, 0.3) is 0 Å². The van der Waals surface area contributed by atoms with Gasteiger partial charge in [0.15, 0.2) is 9.84 Å². The van der Waals surface area contributed by atoms with Gasteiger partial charge in [0, 0.05) is 17.3 Å². The van der Waals surface area contributed by atoms with Gasteiger partial charge >= 0.3 is 0 Å². The Hall–Kier alpha value is -1.40. The Morgan fingerprint density at radius 3 is 2.88 bits per heavy atom. The number of aromatic nitrogens is 1. The Kier molecular flexibility index (Phi) is 3.44. The molecule has 17 heavy (non-hydrogen) atoms. The Balaban J connectivity index is 2.12. The third-order valence-corrected chi connectivity index (χ3v) is 3.96. The number of nitrogens with zero attached hydrogens (tertiary/aromatic N) is 1. The first-order valence-electron chi connectivity index (χ1n) is 4.97. The van der Waals surface area contributed by atoms with Gasteiger partial charge in [-0.15, -0.1) is 11.3 Å². The number of hydrogen-bond donors (Lipinski definition) is 1. The second-order valence-electron chi connectivity index (χ2n) is 3.63. The van der Waals surface area contributed by atoms with Crippen molar-refractivity contribution < 1.29 is 8.42 Å². The molecular weight excluding hydrogens is 256 g/mol. The first kappa shape index (κ1) is 12.1. The van der Waals surface area contributed by atoms with Crippen LogP contribution in [0.4, 0.5) is 5.69 Å². The number of hydrogen-bond acceptors (Lipinski definition) is 5. The van der Waals surface area contributed by atoms with Crippen molar-refractivity contribution in [2.45, 2.75) is 11.4 Å². The van der Waals surface area contributed by atoms with Crippen molar-refractivity contribution in [3.8, 4) is 0 Å². The van der Waals surface area contributed by atoms with Crippen LogP contribution in [0.15, 0.2) is 40.1 Å². The van der Waals surface area contributed by atoms with Gasteiger partial charge in [0.25, 0.3) is 0 Å². The Morgan fingerprint density at radius 1 is 1.41 bits per heavy atom. The summed E-state index contributed by atoms with van der Waals surface area (Å²) in [6, 6.07) is 6.77. The molecule has 0 unspecified atom stereocenters. The number of rotatable bonds is 4. The third-order valence-electron chi connectivity index (χ3n) is 2.22. The molecular formula is C11H12N2O2S2. The fourth-order valence-electron chi connectivity index (χ4n) is 1.35. The van der Waals surface area contributed by atoms with E-state index in [1.165, 1.54) is 17.6 Å². The highest BCUT2D eigenvalue weighted by atomic mass is 32.2. The number of benzene rings is 1. The molecule has 0 amide bonds. The van der Waals surface area contributed by atoms with Crippen LogP contribution in [0.3, 0.4) is 0 Å². The van der Waals surface area contributed by atoms with Gasteiger partial charge < -0.3 is 5.32 Å². The summed E-state index contributed by atoms with van der Waals surface area (Å²) in [5, 5.41) is 5.09. The lowest BCUT2D eigenvalue weighted by Crippen LogP contribution is -2.02. The van der Waals surface area contributed by atoms with Gasteiger partial charge in [0.05, 0.1) is 22.6 Å². The Bertz CT molecular complexity index is 592. The molecule has 90 valence electrons. The highest BCUT2D eigenvalue weighted by molar-refractivity contribution is 7.90. The lowest BCUT2D eigenvalue weighted by Gasteiger charge is -2.06. The third kappa shape index (κ3) is 3.28. The van der Waals surface area contributed by atoms with Crippen LogP contribution in [0, 0.1) is 0 Å². The van der Waals surface area contributed by atoms with Crippen LogP contribution in [-0.4, -0.2) is 19.7 Å². The lowest BCUT2D eigenvalue weighted by atomic mass is 10.3. The van der Waals surface area contributed by atoms with Crippen LogP contribution in [0.2, 0.25) is 0 Å². The molecule has 2 aromatic rings. The first-order chi connectivity index (χ1) is 8.05. The molecule has 1 N–H and O–H groups in total. The number of anilines is 1. The minimum Gasteiger partial charge on any atom is -0.379 e. The van der Waals surface area contributed by atoms with E-state index in [1.54, 1.807) is 23.7 Å². The zero-order chi connectivity index (χ0) is 12.3. The molecule has 1 aromatic carbocycles. The molecule has 0 fully saturated rings. The van der Waals surface area contributed by atoms with Crippen LogP contribution in [0.1, 0.15) is 5.69 Å². The lowest BCUT2D eigenvalue weighted by molar-refractivity contribution is 0.602. The molecule has 1 aromatic heterocycles. The van der Waals surface area contributed by atoms with Gasteiger partial charge in [-0.2, -0.15) is 0 Å². The molecule has 6 heteroatoms. The molecule has 0 aliphatic rings. The molecule has 0 aliphatic carbocycles. The van der Waals surface area contributed by atoms with Crippen molar-refractivity contribution >= 4 is 26.9 Å². The summed E-state index contributed by atoms with van der Waals surface area (Å²) in [6.45, 7) is 0.594. The van der Waals surface area contributed by atoms with Crippen LogP contribution in [0.5, 0.6) is 0 Å². The average molecular weight is 268 g/mol. The molecule has 0 radical (unpaired) electrons. The van der Waals surface area contributed by atoms with Gasteiger partial charge in [0.1, 0.15) is 0 Å². The summed E-state index contributed by atoms with van der Waals surface area (Å²) < 4.78 is 22.8. The Morgan fingerprint density at radius 2 is 2.24 bits per heavy atom. The second kappa shape index (κ2) is 4.85. The molecule has 0 bridgehead atoms. The van der Waals surface area contributed by atoms with Crippen LogP contribution in [-0.2, 0) is 16.4 Å². The van der Waals surface area contributed by atoms with Crippen molar-refractivity contribution in [3.05, 3.63) is 40.8 Å². The van der Waals surface area contributed by atoms with E-state index in [0.717, 1.165) is 11.4 Å². The van der Waals surface area contributed by atoms with E-state index in [2.05, 4.69) is 10.3 Å². The fourth-order valence-corrected chi connectivity index (χ4v) is 2.58. The van der Waals surface area contributed by atoms with Crippen LogP contribution < -0.4 is 5.32 Å². The normalized spacial score (nSPS) is 11.4. The van der Waals surface area contributed by atoms with E-state index in [-0.39, 0.29) is 0 Å². The van der Waals surface area contributed by atoms with Crippen molar-refractivity contribution in [1.29, 1.82) is 0 Å².